The van der Waals surface area contributed by atoms with Crippen LogP contribution in [0.1, 0.15) is 24.7 Å². The third-order valence-corrected chi connectivity index (χ3v) is 3.77. The average molecular weight is 299 g/mol. The van der Waals surface area contributed by atoms with Crippen LogP contribution in [0.4, 0.5) is 5.95 Å². The summed E-state index contributed by atoms with van der Waals surface area (Å²) in [6.07, 6.45) is 12.5. The highest BCUT2D eigenvalue weighted by atomic mass is 16.5. The van der Waals surface area contributed by atoms with Crippen molar-refractivity contribution >= 4 is 18.1 Å². The lowest BCUT2D eigenvalue weighted by Gasteiger charge is -2.26. The third kappa shape index (κ3) is 3.31. The zero-order chi connectivity index (χ0) is 15.4. The fourth-order valence-electron chi connectivity index (χ4n) is 2.43. The second-order valence-corrected chi connectivity index (χ2v) is 5.40. The van der Waals surface area contributed by atoms with E-state index in [1.54, 1.807) is 6.08 Å². The van der Waals surface area contributed by atoms with Crippen molar-refractivity contribution in [3.8, 4) is 0 Å². The molecule has 2 heterocycles. The molecule has 0 aromatic carbocycles. The van der Waals surface area contributed by atoms with Gasteiger partial charge in [0, 0.05) is 19.2 Å². The molecule has 0 unspecified atom stereocenters. The van der Waals surface area contributed by atoms with E-state index in [0.29, 0.717) is 0 Å². The van der Waals surface area contributed by atoms with Gasteiger partial charge in [-0.3, -0.25) is 0 Å². The minimum atomic E-state index is 0.248. The minimum Gasteiger partial charge on any atom is -0.508 e. The normalized spacial score (nSPS) is 26.9. The maximum Gasteiger partial charge on any atom is 0.203 e. The Morgan fingerprint density at radius 1 is 1.27 bits per heavy atom. The topological polar surface area (TPSA) is 61.4 Å². The molecule has 0 radical (unpaired) electrons. The zero-order valence-corrected chi connectivity index (χ0v) is 12.7. The van der Waals surface area contributed by atoms with Crippen molar-refractivity contribution in [2.75, 3.05) is 31.2 Å². The molecule has 22 heavy (non-hydrogen) atoms. The average Bonchev–Trinajstić information content (AvgIpc) is 2.93. The van der Waals surface area contributed by atoms with Crippen molar-refractivity contribution in [1.82, 2.24) is 9.97 Å². The van der Waals surface area contributed by atoms with E-state index in [1.165, 1.54) is 0 Å². The Labute approximate surface area is 130 Å². The number of hydrogen-bond acceptors (Lipinski definition) is 4. The van der Waals surface area contributed by atoms with E-state index in [-0.39, 0.29) is 5.76 Å². The molecule has 1 aliphatic carbocycles. The lowest BCUT2D eigenvalue weighted by Crippen LogP contribution is -2.36. The van der Waals surface area contributed by atoms with Gasteiger partial charge < -0.3 is 19.7 Å². The van der Waals surface area contributed by atoms with Crippen molar-refractivity contribution in [2.24, 2.45) is 0 Å². The van der Waals surface area contributed by atoms with Crippen molar-refractivity contribution in [3.05, 3.63) is 47.0 Å². The van der Waals surface area contributed by atoms with Gasteiger partial charge in [0.25, 0.3) is 0 Å². The van der Waals surface area contributed by atoms with Crippen LogP contribution in [0.5, 0.6) is 0 Å². The first-order valence-corrected chi connectivity index (χ1v) is 7.58. The number of imidazole rings is 1. The van der Waals surface area contributed by atoms with Crippen LogP contribution in [0, 0.1) is 0 Å². The van der Waals surface area contributed by atoms with E-state index in [1.807, 2.05) is 31.2 Å². The molecular formula is C17H21N3O2. The number of aromatic nitrogens is 2. The Kier molecular flexibility index (Phi) is 4.44. The number of ether oxygens (including phenoxy) is 1. The summed E-state index contributed by atoms with van der Waals surface area (Å²) in [5.41, 5.74) is 2.49. The van der Waals surface area contributed by atoms with Gasteiger partial charge in [-0.15, -0.1) is 0 Å². The molecule has 0 amide bonds. The summed E-state index contributed by atoms with van der Waals surface area (Å²) in [6, 6.07) is 0. The Bertz CT molecular complexity index is 647. The molecule has 1 aliphatic heterocycles. The smallest absolute Gasteiger partial charge is 0.203 e. The lowest BCUT2D eigenvalue weighted by atomic mass is 10.2. The molecule has 0 spiro atoms. The number of nitrogens with one attached hydrogen (secondary N) is 1. The second kappa shape index (κ2) is 6.66. The first kappa shape index (κ1) is 14.7. The van der Waals surface area contributed by atoms with Crippen molar-refractivity contribution in [1.29, 1.82) is 0 Å². The number of aromatic amines is 1. The molecule has 116 valence electrons. The highest BCUT2D eigenvalue weighted by Crippen LogP contribution is 2.21. The molecule has 3 rings (SSSR count). The number of morpholine rings is 1. The summed E-state index contributed by atoms with van der Waals surface area (Å²) in [6.45, 7) is 4.98. The molecule has 0 bridgehead atoms. The molecule has 2 N–H and O–H groups in total. The highest BCUT2D eigenvalue weighted by Gasteiger charge is 2.16. The molecule has 5 heteroatoms. The first-order valence-electron chi connectivity index (χ1n) is 7.58. The Hall–Kier alpha value is -2.27. The van der Waals surface area contributed by atoms with Crippen LogP contribution < -0.4 is 4.90 Å². The second-order valence-electron chi connectivity index (χ2n) is 5.40. The summed E-state index contributed by atoms with van der Waals surface area (Å²) < 4.78 is 5.38. The van der Waals surface area contributed by atoms with Crippen LogP contribution in [0.3, 0.4) is 0 Å². The predicted molar refractivity (Wildman–Crippen MR) is 88.8 cm³/mol. The van der Waals surface area contributed by atoms with Gasteiger partial charge in [-0.25, -0.2) is 4.98 Å². The van der Waals surface area contributed by atoms with Crippen LogP contribution in [-0.2, 0) is 4.74 Å². The number of H-pyrrole nitrogens is 1. The summed E-state index contributed by atoms with van der Waals surface area (Å²) >= 11 is 0. The number of allylic oxidation sites excluding steroid dienone is 5. The maximum absolute atomic E-state index is 10.2. The minimum absolute atomic E-state index is 0.248. The first-order chi connectivity index (χ1) is 10.7. The van der Waals surface area contributed by atoms with Crippen LogP contribution in [0.15, 0.2) is 35.6 Å². The van der Waals surface area contributed by atoms with Gasteiger partial charge in [0.15, 0.2) is 0 Å². The van der Waals surface area contributed by atoms with Gasteiger partial charge in [-0.1, -0.05) is 24.3 Å². The van der Waals surface area contributed by atoms with Gasteiger partial charge in [-0.05, 0) is 25.0 Å². The van der Waals surface area contributed by atoms with Crippen molar-refractivity contribution < 1.29 is 9.84 Å². The molecular weight excluding hydrogens is 278 g/mol. The lowest BCUT2D eigenvalue weighted by molar-refractivity contribution is 0.122. The summed E-state index contributed by atoms with van der Waals surface area (Å²) in [5.74, 6) is 1.08. The Balaban J connectivity index is 1.97. The molecule has 1 fully saturated rings. The van der Waals surface area contributed by atoms with Crippen LogP contribution in [0.2, 0.25) is 0 Å². The van der Waals surface area contributed by atoms with Crippen LogP contribution >= 0.6 is 0 Å². The highest BCUT2D eigenvalue weighted by molar-refractivity contribution is 5.65. The van der Waals surface area contributed by atoms with Gasteiger partial charge >= 0.3 is 0 Å². The number of aliphatic hydroxyl groups excluding tert-OH is 1. The number of hydrogen-bond donors (Lipinski definition) is 2. The van der Waals surface area contributed by atoms with Crippen LogP contribution in [-0.4, -0.2) is 41.4 Å². The van der Waals surface area contributed by atoms with E-state index >= 15 is 0 Å². The number of anilines is 1. The molecule has 1 saturated heterocycles. The van der Waals surface area contributed by atoms with E-state index < -0.39 is 0 Å². The Morgan fingerprint density at radius 3 is 2.91 bits per heavy atom. The van der Waals surface area contributed by atoms with Gasteiger partial charge in [0.1, 0.15) is 5.76 Å². The SMILES string of the molecule is CC1=C\C=C/C/C=C/c2nc(N3CCOCC3)[nH]c2/C=C\1O. The zero-order valence-electron chi connectivity index (χ0n) is 12.7. The monoisotopic (exact) mass is 299 g/mol. The standard InChI is InChI=1S/C17H21N3O2/c1-13-6-4-2-3-5-7-14-15(12-16(13)21)19-17(18-14)20-8-10-22-11-9-20/h2,4-7,12,21H,3,8-11H2,1H3,(H,18,19)/b4-2-,7-5+,13-6+,16-12+. The fraction of sp³-hybridized carbons (Fsp3) is 0.353. The quantitative estimate of drug-likeness (QED) is 0.836. The number of aliphatic hydroxyl groups is 1. The van der Waals surface area contributed by atoms with Crippen molar-refractivity contribution in [2.45, 2.75) is 13.3 Å². The molecule has 1 aromatic heterocycles. The number of rotatable bonds is 1. The third-order valence-electron chi connectivity index (χ3n) is 3.77. The number of fused-ring (bicyclic) bond motifs is 1. The van der Waals surface area contributed by atoms with Gasteiger partial charge in [-0.2, -0.15) is 0 Å². The molecule has 1 aromatic rings. The summed E-state index contributed by atoms with van der Waals surface area (Å²) in [5, 5.41) is 10.2. The predicted octanol–water partition coefficient (Wildman–Crippen LogP) is 3.06. The van der Waals surface area contributed by atoms with Gasteiger partial charge in [0.05, 0.1) is 24.6 Å². The van der Waals surface area contributed by atoms with E-state index in [0.717, 1.165) is 55.6 Å². The molecule has 0 saturated carbocycles. The maximum atomic E-state index is 10.2. The van der Waals surface area contributed by atoms with E-state index in [9.17, 15) is 5.11 Å². The van der Waals surface area contributed by atoms with Crippen LogP contribution in [0.25, 0.3) is 12.2 Å². The molecule has 5 nitrogen and oxygen atoms in total. The fourth-order valence-corrected chi connectivity index (χ4v) is 2.43. The summed E-state index contributed by atoms with van der Waals surface area (Å²) in [4.78, 5) is 10.2. The Morgan fingerprint density at radius 2 is 2.09 bits per heavy atom. The largest absolute Gasteiger partial charge is 0.508 e. The molecule has 0 atom stereocenters. The summed E-state index contributed by atoms with van der Waals surface area (Å²) in [7, 11) is 0. The molecule has 2 aliphatic rings. The van der Waals surface area contributed by atoms with E-state index in [4.69, 9.17) is 4.74 Å². The van der Waals surface area contributed by atoms with E-state index in [2.05, 4.69) is 20.9 Å². The van der Waals surface area contributed by atoms with Gasteiger partial charge in [0.2, 0.25) is 5.95 Å². The number of nitrogens with zero attached hydrogens (tertiary/aromatic N) is 2. The van der Waals surface area contributed by atoms with Crippen molar-refractivity contribution in [3.63, 3.8) is 0 Å².